The predicted molar refractivity (Wildman–Crippen MR) is 89.1 cm³/mol. The fraction of sp³-hybridized carbons (Fsp3) is 0.250. The predicted octanol–water partition coefficient (Wildman–Crippen LogP) is 2.45. The molecule has 0 heterocycles. The van der Waals surface area contributed by atoms with Crippen LogP contribution in [-0.2, 0) is 0 Å². The van der Waals surface area contributed by atoms with Gasteiger partial charge >= 0.3 is 0 Å². The van der Waals surface area contributed by atoms with Crippen molar-refractivity contribution in [3.63, 3.8) is 0 Å². The van der Waals surface area contributed by atoms with E-state index in [1.807, 2.05) is 0 Å². The average Bonchev–Trinajstić information content (AvgIpc) is 2.39. The molecule has 0 bridgehead atoms. The molecule has 0 radical (unpaired) electrons. The molecule has 0 saturated carbocycles. The molecule has 0 aliphatic heterocycles. The van der Waals surface area contributed by atoms with Crippen molar-refractivity contribution in [3.8, 4) is 0 Å². The topological polar surface area (TPSA) is 6.48 Å². The highest BCUT2D eigenvalue weighted by atomic mass is 31.1. The summed E-state index contributed by atoms with van der Waals surface area (Å²) < 4.78 is 0. The van der Waals surface area contributed by atoms with Gasteiger partial charge in [-0.2, -0.15) is 0 Å². The van der Waals surface area contributed by atoms with Gasteiger partial charge in [0.1, 0.15) is 0 Å². The first-order valence-electron chi connectivity index (χ1n) is 6.38. The molecule has 19 heavy (non-hydrogen) atoms. The molecule has 2 aromatic carbocycles. The van der Waals surface area contributed by atoms with Gasteiger partial charge in [0.15, 0.2) is 0 Å². The Balaban J connectivity index is 2.21. The highest BCUT2D eigenvalue weighted by Crippen LogP contribution is 2.18. The Morgan fingerprint density at radius 2 is 1.11 bits per heavy atom. The van der Waals surface area contributed by atoms with Crippen molar-refractivity contribution < 1.29 is 0 Å². The molecule has 0 unspecified atom stereocenters. The van der Waals surface area contributed by atoms with Crippen LogP contribution in [0.4, 0.5) is 11.4 Å². The molecular weight excluding hydrogens is 251 g/mol. The van der Waals surface area contributed by atoms with Crippen LogP contribution in [0.2, 0.25) is 0 Å². The maximum atomic E-state index is 2.26. The van der Waals surface area contributed by atoms with Gasteiger partial charge in [-0.25, -0.2) is 0 Å². The summed E-state index contributed by atoms with van der Waals surface area (Å²) in [7, 11) is 9.01. The number of anilines is 2. The van der Waals surface area contributed by atoms with Crippen LogP contribution in [0.1, 0.15) is 0 Å². The molecule has 0 amide bonds. The third kappa shape index (κ3) is 3.71. The van der Waals surface area contributed by atoms with Crippen molar-refractivity contribution in [2.24, 2.45) is 0 Å². The minimum absolute atomic E-state index is 0.702. The van der Waals surface area contributed by atoms with Gasteiger partial charge in [-0.15, -0.1) is 0 Å². The molecule has 0 aromatic heterocycles. The first kappa shape index (κ1) is 13.9. The normalized spacial score (nSPS) is 10.3. The van der Waals surface area contributed by atoms with Gasteiger partial charge in [0.25, 0.3) is 0 Å². The van der Waals surface area contributed by atoms with E-state index < -0.39 is 0 Å². The molecule has 3 heteroatoms. The second-order valence-corrected chi connectivity index (χ2v) is 6.42. The zero-order valence-electron chi connectivity index (χ0n) is 12.0. The van der Waals surface area contributed by atoms with E-state index in [-0.39, 0.29) is 0 Å². The van der Waals surface area contributed by atoms with E-state index in [0.29, 0.717) is 8.58 Å². The summed E-state index contributed by atoms with van der Waals surface area (Å²) in [6, 6.07) is 17.5. The van der Waals surface area contributed by atoms with E-state index >= 15 is 0 Å². The monoisotopic (exact) mass is 272 g/mol. The number of nitrogens with zero attached hydrogens (tertiary/aromatic N) is 2. The van der Waals surface area contributed by atoms with Gasteiger partial charge in [-0.3, -0.25) is 0 Å². The molecule has 0 aliphatic rings. The smallest absolute Gasteiger partial charge is 0.0367 e. The molecule has 0 fully saturated rings. The van der Waals surface area contributed by atoms with Gasteiger partial charge in [0.05, 0.1) is 0 Å². The van der Waals surface area contributed by atoms with E-state index in [2.05, 4.69) is 86.5 Å². The van der Waals surface area contributed by atoms with Crippen LogP contribution in [-0.4, -0.2) is 28.2 Å². The van der Waals surface area contributed by atoms with E-state index in [1.54, 1.807) is 0 Å². The fourth-order valence-electron chi connectivity index (χ4n) is 1.89. The van der Waals surface area contributed by atoms with Crippen molar-refractivity contribution in [1.29, 1.82) is 0 Å². The van der Waals surface area contributed by atoms with Crippen LogP contribution in [0.3, 0.4) is 0 Å². The summed E-state index contributed by atoms with van der Waals surface area (Å²) in [4.78, 5) is 4.29. The maximum absolute atomic E-state index is 2.26. The Labute approximate surface area is 117 Å². The second kappa shape index (κ2) is 6.08. The average molecular weight is 272 g/mol. The molecule has 0 saturated heterocycles. The van der Waals surface area contributed by atoms with Gasteiger partial charge < -0.3 is 9.80 Å². The minimum Gasteiger partial charge on any atom is -0.378 e. The molecule has 0 N–H and O–H groups in total. The van der Waals surface area contributed by atoms with Crippen LogP contribution >= 0.6 is 8.58 Å². The van der Waals surface area contributed by atoms with E-state index in [4.69, 9.17) is 0 Å². The first-order chi connectivity index (χ1) is 9.06. The van der Waals surface area contributed by atoms with Gasteiger partial charge in [0, 0.05) is 39.6 Å². The zero-order valence-corrected chi connectivity index (χ0v) is 13.0. The maximum Gasteiger partial charge on any atom is 0.0367 e. The lowest BCUT2D eigenvalue weighted by Crippen LogP contribution is -2.13. The molecule has 2 nitrogen and oxygen atoms in total. The van der Waals surface area contributed by atoms with Crippen LogP contribution in [0.15, 0.2) is 48.5 Å². The summed E-state index contributed by atoms with van der Waals surface area (Å²) in [5, 5.41) is 2.75. The highest BCUT2D eigenvalue weighted by molar-refractivity contribution is 7.55. The fourth-order valence-corrected chi connectivity index (χ4v) is 3.02. The Bertz CT molecular complexity index is 500. The Hall–Kier alpha value is -1.53. The number of benzene rings is 2. The summed E-state index contributed by atoms with van der Waals surface area (Å²) in [5.74, 6) is 0. The quantitative estimate of drug-likeness (QED) is 0.789. The Morgan fingerprint density at radius 3 is 1.47 bits per heavy atom. The Kier molecular flexibility index (Phi) is 4.44. The standard InChI is InChI=1S/C16H21N2P/c1-17(2)13-7-5-9-15(11-13)19-16-10-6-8-14(12-16)18(3)4/h5-12,19H,1-4H3. The zero-order chi connectivity index (χ0) is 13.8. The van der Waals surface area contributed by atoms with Crippen LogP contribution in [0, 0.1) is 0 Å². The van der Waals surface area contributed by atoms with Crippen LogP contribution in [0.25, 0.3) is 0 Å². The largest absolute Gasteiger partial charge is 0.378 e. The van der Waals surface area contributed by atoms with Crippen LogP contribution in [0.5, 0.6) is 0 Å². The first-order valence-corrected chi connectivity index (χ1v) is 7.38. The Morgan fingerprint density at radius 1 is 0.684 bits per heavy atom. The van der Waals surface area contributed by atoms with Crippen molar-refractivity contribution in [2.75, 3.05) is 38.0 Å². The lowest BCUT2D eigenvalue weighted by atomic mass is 10.3. The van der Waals surface area contributed by atoms with Gasteiger partial charge in [0.2, 0.25) is 0 Å². The molecule has 0 aliphatic carbocycles. The summed E-state index contributed by atoms with van der Waals surface area (Å²) >= 11 is 0. The van der Waals surface area contributed by atoms with Crippen molar-refractivity contribution in [3.05, 3.63) is 48.5 Å². The number of rotatable bonds is 4. The summed E-state index contributed by atoms with van der Waals surface area (Å²) in [5.41, 5.74) is 2.52. The molecule has 2 aromatic rings. The number of hydrogen-bond donors (Lipinski definition) is 0. The van der Waals surface area contributed by atoms with Crippen LogP contribution < -0.4 is 20.4 Å². The van der Waals surface area contributed by atoms with Gasteiger partial charge in [-0.05, 0) is 34.9 Å². The summed E-state index contributed by atoms with van der Waals surface area (Å²) in [6.07, 6.45) is 0. The van der Waals surface area contributed by atoms with Gasteiger partial charge in [-0.1, -0.05) is 32.8 Å². The summed E-state index contributed by atoms with van der Waals surface area (Å²) in [6.45, 7) is 0. The highest BCUT2D eigenvalue weighted by Gasteiger charge is 2.01. The third-order valence-corrected chi connectivity index (χ3v) is 4.21. The SMILES string of the molecule is CN(C)c1cccc(Pc2cccc(N(C)C)c2)c1. The molecule has 0 atom stereocenters. The van der Waals surface area contributed by atoms with E-state index in [1.165, 1.54) is 22.0 Å². The molecule has 2 rings (SSSR count). The van der Waals surface area contributed by atoms with Crippen molar-refractivity contribution >= 4 is 30.6 Å². The number of hydrogen-bond acceptors (Lipinski definition) is 2. The molecular formula is C16H21N2P. The van der Waals surface area contributed by atoms with E-state index in [0.717, 1.165) is 0 Å². The van der Waals surface area contributed by atoms with E-state index in [9.17, 15) is 0 Å². The minimum atomic E-state index is 0.702. The lowest BCUT2D eigenvalue weighted by molar-refractivity contribution is 1.13. The third-order valence-electron chi connectivity index (χ3n) is 3.01. The van der Waals surface area contributed by atoms with Crippen molar-refractivity contribution in [2.45, 2.75) is 0 Å². The molecule has 0 spiro atoms. The van der Waals surface area contributed by atoms with Crippen molar-refractivity contribution in [1.82, 2.24) is 0 Å². The second-order valence-electron chi connectivity index (χ2n) is 5.01. The molecule has 100 valence electrons. The lowest BCUT2D eigenvalue weighted by Gasteiger charge is -2.15.